The molecule has 2 rings (SSSR count). The highest BCUT2D eigenvalue weighted by Gasteiger charge is 2.18. The number of halogens is 1. The monoisotopic (exact) mass is 283 g/mol. The number of nitrogens with one attached hydrogen (secondary N) is 1. The standard InChI is InChI=1S/C11H10ClN3O4/c1-3-15-8-6(9(16)14-11(15)18)7(12)5(4-13-8)10(17)19-2/h4H,3H2,1-2H3,(H,14,16,18). The summed E-state index contributed by atoms with van der Waals surface area (Å²) in [4.78, 5) is 41.0. The number of carbonyl (C=O) groups excluding carboxylic acids is 1. The highest BCUT2D eigenvalue weighted by Crippen LogP contribution is 2.22. The van der Waals surface area contributed by atoms with E-state index in [-0.39, 0.29) is 21.6 Å². The highest BCUT2D eigenvalue weighted by atomic mass is 35.5. The van der Waals surface area contributed by atoms with Crippen molar-refractivity contribution < 1.29 is 9.53 Å². The number of aryl methyl sites for hydroxylation is 1. The van der Waals surface area contributed by atoms with Gasteiger partial charge in [0.2, 0.25) is 0 Å². The molecule has 2 heterocycles. The summed E-state index contributed by atoms with van der Waals surface area (Å²) in [6, 6.07) is 0. The Bertz CT molecular complexity index is 778. The number of aromatic amines is 1. The van der Waals surface area contributed by atoms with Crippen LogP contribution in [0, 0.1) is 0 Å². The second kappa shape index (κ2) is 4.85. The van der Waals surface area contributed by atoms with Gasteiger partial charge in [-0.2, -0.15) is 0 Å². The Balaban J connectivity index is 2.96. The summed E-state index contributed by atoms with van der Waals surface area (Å²) >= 11 is 6.03. The van der Waals surface area contributed by atoms with E-state index in [1.165, 1.54) is 17.9 Å². The zero-order valence-electron chi connectivity index (χ0n) is 10.2. The van der Waals surface area contributed by atoms with Crippen LogP contribution >= 0.6 is 11.6 Å². The van der Waals surface area contributed by atoms with Gasteiger partial charge in [-0.1, -0.05) is 11.6 Å². The number of H-pyrrole nitrogens is 1. The molecule has 8 heteroatoms. The maximum absolute atomic E-state index is 11.8. The van der Waals surface area contributed by atoms with Crippen molar-refractivity contribution in [1.29, 1.82) is 0 Å². The zero-order chi connectivity index (χ0) is 14.2. The van der Waals surface area contributed by atoms with Crippen molar-refractivity contribution in [3.8, 4) is 0 Å². The quantitative estimate of drug-likeness (QED) is 0.812. The molecule has 0 atom stereocenters. The molecule has 0 saturated heterocycles. The van der Waals surface area contributed by atoms with Gasteiger partial charge in [0.15, 0.2) is 5.65 Å². The van der Waals surface area contributed by atoms with E-state index < -0.39 is 17.2 Å². The molecule has 2 aromatic heterocycles. The van der Waals surface area contributed by atoms with Crippen LogP contribution in [0.25, 0.3) is 11.0 Å². The van der Waals surface area contributed by atoms with Gasteiger partial charge in [0, 0.05) is 12.7 Å². The Kier molecular flexibility index (Phi) is 3.39. The van der Waals surface area contributed by atoms with Crippen molar-refractivity contribution in [2.75, 3.05) is 7.11 Å². The van der Waals surface area contributed by atoms with Crippen molar-refractivity contribution in [1.82, 2.24) is 14.5 Å². The van der Waals surface area contributed by atoms with E-state index in [0.29, 0.717) is 6.54 Å². The van der Waals surface area contributed by atoms with Crippen LogP contribution in [-0.4, -0.2) is 27.6 Å². The fourth-order valence-electron chi connectivity index (χ4n) is 1.75. The van der Waals surface area contributed by atoms with E-state index in [4.69, 9.17) is 11.6 Å². The molecule has 0 amide bonds. The van der Waals surface area contributed by atoms with Crippen molar-refractivity contribution in [2.24, 2.45) is 0 Å². The third-order valence-electron chi connectivity index (χ3n) is 2.67. The average molecular weight is 284 g/mol. The summed E-state index contributed by atoms with van der Waals surface area (Å²) in [5, 5.41) is -0.0914. The Morgan fingerprint density at radius 2 is 2.21 bits per heavy atom. The first-order chi connectivity index (χ1) is 9.01. The first-order valence-corrected chi connectivity index (χ1v) is 5.78. The van der Waals surface area contributed by atoms with Crippen molar-refractivity contribution in [3.05, 3.63) is 37.6 Å². The molecule has 1 N–H and O–H groups in total. The highest BCUT2D eigenvalue weighted by molar-refractivity contribution is 6.38. The molecule has 2 aromatic rings. The van der Waals surface area contributed by atoms with Crippen LogP contribution in [0.3, 0.4) is 0 Å². The lowest BCUT2D eigenvalue weighted by molar-refractivity contribution is 0.0600. The molecule has 19 heavy (non-hydrogen) atoms. The first kappa shape index (κ1) is 13.3. The Labute approximate surface area is 111 Å². The van der Waals surface area contributed by atoms with Gasteiger partial charge in [0.05, 0.1) is 17.7 Å². The van der Waals surface area contributed by atoms with Gasteiger partial charge in [0.25, 0.3) is 5.56 Å². The Morgan fingerprint density at radius 1 is 1.53 bits per heavy atom. The normalized spacial score (nSPS) is 10.7. The van der Waals surface area contributed by atoms with Crippen LogP contribution in [0.1, 0.15) is 17.3 Å². The van der Waals surface area contributed by atoms with Gasteiger partial charge in [-0.15, -0.1) is 0 Å². The van der Waals surface area contributed by atoms with Gasteiger partial charge in [-0.3, -0.25) is 14.3 Å². The lowest BCUT2D eigenvalue weighted by Gasteiger charge is -2.08. The molecule has 0 unspecified atom stereocenters. The number of aromatic nitrogens is 3. The second-order valence-electron chi connectivity index (χ2n) is 3.68. The van der Waals surface area contributed by atoms with Crippen molar-refractivity contribution in [3.63, 3.8) is 0 Å². The molecular weight excluding hydrogens is 274 g/mol. The lowest BCUT2D eigenvalue weighted by atomic mass is 10.2. The number of carbonyl (C=O) groups is 1. The molecule has 0 aliphatic heterocycles. The van der Waals surface area contributed by atoms with E-state index in [1.54, 1.807) is 6.92 Å². The smallest absolute Gasteiger partial charge is 0.340 e. The first-order valence-electron chi connectivity index (χ1n) is 5.40. The van der Waals surface area contributed by atoms with Crippen LogP contribution in [0.4, 0.5) is 0 Å². The maximum atomic E-state index is 11.8. The largest absolute Gasteiger partial charge is 0.465 e. The van der Waals surface area contributed by atoms with Crippen molar-refractivity contribution in [2.45, 2.75) is 13.5 Å². The molecule has 0 aromatic carbocycles. The number of fused-ring (bicyclic) bond motifs is 1. The van der Waals surface area contributed by atoms with Gasteiger partial charge >= 0.3 is 11.7 Å². The molecule has 0 aliphatic rings. The summed E-state index contributed by atoms with van der Waals surface area (Å²) in [6.45, 7) is 2.04. The molecule has 100 valence electrons. The molecule has 0 spiro atoms. The maximum Gasteiger partial charge on any atom is 0.340 e. The lowest BCUT2D eigenvalue weighted by Crippen LogP contribution is -2.30. The van der Waals surface area contributed by atoms with E-state index >= 15 is 0 Å². The molecule has 0 bridgehead atoms. The minimum absolute atomic E-state index is 0.00832. The number of hydrogen-bond donors (Lipinski definition) is 1. The Morgan fingerprint density at radius 3 is 2.79 bits per heavy atom. The van der Waals surface area contributed by atoms with Crippen LogP contribution in [0.5, 0.6) is 0 Å². The predicted molar refractivity (Wildman–Crippen MR) is 68.6 cm³/mol. The average Bonchev–Trinajstić information content (AvgIpc) is 2.38. The number of hydrogen-bond acceptors (Lipinski definition) is 5. The summed E-state index contributed by atoms with van der Waals surface area (Å²) < 4.78 is 5.80. The summed E-state index contributed by atoms with van der Waals surface area (Å²) in [5.41, 5.74) is -1.15. The summed E-state index contributed by atoms with van der Waals surface area (Å²) in [5.74, 6) is -0.701. The number of pyridine rings is 1. The fourth-order valence-corrected chi connectivity index (χ4v) is 2.05. The van der Waals surface area contributed by atoms with Gasteiger partial charge in [-0.05, 0) is 6.92 Å². The van der Waals surface area contributed by atoms with Crippen LogP contribution in [-0.2, 0) is 11.3 Å². The van der Waals surface area contributed by atoms with Gasteiger partial charge in [0.1, 0.15) is 5.39 Å². The topological polar surface area (TPSA) is 94.1 Å². The number of nitrogens with zero attached hydrogens (tertiary/aromatic N) is 2. The molecule has 0 saturated carbocycles. The fraction of sp³-hybridized carbons (Fsp3) is 0.273. The minimum atomic E-state index is -0.701. The molecule has 7 nitrogen and oxygen atoms in total. The SMILES string of the molecule is CCn1c(=O)[nH]c(=O)c2c(Cl)c(C(=O)OC)cnc21. The molecule has 0 aliphatic carbocycles. The van der Waals surface area contributed by atoms with Gasteiger partial charge < -0.3 is 4.74 Å². The number of ether oxygens (including phenoxy) is 1. The third kappa shape index (κ3) is 2.01. The van der Waals surface area contributed by atoms with E-state index in [9.17, 15) is 14.4 Å². The van der Waals surface area contributed by atoms with Gasteiger partial charge in [-0.25, -0.2) is 14.6 Å². The van der Waals surface area contributed by atoms with Crippen LogP contribution in [0.2, 0.25) is 5.02 Å². The van der Waals surface area contributed by atoms with Crippen molar-refractivity contribution >= 4 is 28.6 Å². The van der Waals surface area contributed by atoms with Crippen LogP contribution in [0.15, 0.2) is 15.8 Å². The summed E-state index contributed by atoms with van der Waals surface area (Å²) in [6.07, 6.45) is 1.18. The van der Waals surface area contributed by atoms with E-state index in [1.807, 2.05) is 0 Å². The number of rotatable bonds is 2. The van der Waals surface area contributed by atoms with E-state index in [0.717, 1.165) is 0 Å². The predicted octanol–water partition coefficient (Wildman–Crippen LogP) is 0.545. The summed E-state index contributed by atoms with van der Waals surface area (Å²) in [7, 11) is 1.19. The van der Waals surface area contributed by atoms with E-state index in [2.05, 4.69) is 14.7 Å². The minimum Gasteiger partial charge on any atom is -0.465 e. The molecule has 0 fully saturated rings. The number of methoxy groups -OCH3 is 1. The van der Waals surface area contributed by atoms with Crippen LogP contribution < -0.4 is 11.2 Å². The number of esters is 1. The third-order valence-corrected chi connectivity index (χ3v) is 3.06. The second-order valence-corrected chi connectivity index (χ2v) is 4.06. The zero-order valence-corrected chi connectivity index (χ0v) is 10.9. The molecular formula is C11H10ClN3O4. The Hall–Kier alpha value is -2.15. The molecule has 0 radical (unpaired) electrons.